The van der Waals surface area contributed by atoms with Gasteiger partial charge in [-0.2, -0.15) is 13.2 Å². The maximum atomic E-state index is 12.4. The Balaban J connectivity index is 1.62. The molecule has 1 N–H and O–H groups in total. The normalized spacial score (nSPS) is 20.7. The predicted octanol–water partition coefficient (Wildman–Crippen LogP) is 4.23. The predicted molar refractivity (Wildman–Crippen MR) is 79.7 cm³/mol. The Hall–Kier alpha value is -0.820. The van der Waals surface area contributed by atoms with E-state index in [0.29, 0.717) is 29.1 Å². The van der Waals surface area contributed by atoms with Crippen molar-refractivity contribution in [1.29, 1.82) is 0 Å². The molecule has 0 aromatic carbocycles. The van der Waals surface area contributed by atoms with Gasteiger partial charge in [0.05, 0.1) is 6.20 Å². The van der Waals surface area contributed by atoms with Crippen molar-refractivity contribution in [3.05, 3.63) is 11.1 Å². The SMILES string of the molecule is CC1CCCCN1CCCCNc1ncc(C(F)(F)F)s1. The molecule has 3 nitrogen and oxygen atoms in total. The van der Waals surface area contributed by atoms with Crippen LogP contribution in [-0.4, -0.2) is 35.6 Å². The molecule has 1 aromatic heterocycles. The summed E-state index contributed by atoms with van der Waals surface area (Å²) >= 11 is 0.669. The third-order valence-electron chi connectivity index (χ3n) is 3.87. The molecule has 1 aliphatic heterocycles. The molecule has 21 heavy (non-hydrogen) atoms. The molecule has 2 rings (SSSR count). The van der Waals surface area contributed by atoms with Crippen LogP contribution in [0.1, 0.15) is 43.9 Å². The Labute approximate surface area is 127 Å². The number of halogens is 3. The summed E-state index contributed by atoms with van der Waals surface area (Å²) in [5, 5.41) is 3.33. The van der Waals surface area contributed by atoms with Gasteiger partial charge in [-0.15, -0.1) is 0 Å². The van der Waals surface area contributed by atoms with Gasteiger partial charge >= 0.3 is 6.18 Å². The summed E-state index contributed by atoms with van der Waals surface area (Å²) in [6.07, 6.45) is 2.49. The lowest BCUT2D eigenvalue weighted by Gasteiger charge is -2.33. The standard InChI is InChI=1S/C14H22F3N3S/c1-11-6-2-4-8-20(11)9-5-3-7-18-13-19-10-12(21-13)14(15,16)17/h10-11H,2-9H2,1H3,(H,18,19). The quantitative estimate of drug-likeness (QED) is 0.795. The molecule has 7 heteroatoms. The second-order valence-electron chi connectivity index (χ2n) is 5.54. The highest BCUT2D eigenvalue weighted by atomic mass is 32.1. The summed E-state index contributed by atoms with van der Waals surface area (Å²) in [5.41, 5.74) is 0. The molecule has 1 unspecified atom stereocenters. The maximum absolute atomic E-state index is 12.4. The fraction of sp³-hybridized carbons (Fsp3) is 0.786. The van der Waals surface area contributed by atoms with Crippen LogP contribution in [0.15, 0.2) is 6.20 Å². The third kappa shape index (κ3) is 5.14. The molecule has 0 bridgehead atoms. The molecular weight excluding hydrogens is 299 g/mol. The van der Waals surface area contributed by atoms with Gasteiger partial charge in [0.25, 0.3) is 0 Å². The molecule has 120 valence electrons. The maximum Gasteiger partial charge on any atom is 0.427 e. The van der Waals surface area contributed by atoms with Gasteiger partial charge in [-0.3, -0.25) is 0 Å². The zero-order chi connectivity index (χ0) is 15.3. The van der Waals surface area contributed by atoms with Crippen molar-refractivity contribution in [2.24, 2.45) is 0 Å². The Morgan fingerprint density at radius 1 is 1.38 bits per heavy atom. The lowest BCUT2D eigenvalue weighted by Crippen LogP contribution is -2.38. The second-order valence-corrected chi connectivity index (χ2v) is 6.57. The first-order valence-electron chi connectivity index (χ1n) is 7.48. The number of anilines is 1. The molecule has 0 saturated carbocycles. The highest BCUT2D eigenvalue weighted by Gasteiger charge is 2.33. The summed E-state index contributed by atoms with van der Waals surface area (Å²) in [7, 11) is 0. The van der Waals surface area contributed by atoms with E-state index in [1.165, 1.54) is 25.8 Å². The number of aromatic nitrogens is 1. The summed E-state index contributed by atoms with van der Waals surface area (Å²) in [5.74, 6) is 0. The summed E-state index contributed by atoms with van der Waals surface area (Å²) in [6, 6.07) is 0.667. The molecule has 1 atom stereocenters. The van der Waals surface area contributed by atoms with Gasteiger partial charge in [0.2, 0.25) is 0 Å². The van der Waals surface area contributed by atoms with Crippen molar-refractivity contribution < 1.29 is 13.2 Å². The average molecular weight is 321 g/mol. The summed E-state index contributed by atoms with van der Waals surface area (Å²) in [6.45, 7) is 5.20. The van der Waals surface area contributed by atoms with Crippen molar-refractivity contribution in [2.75, 3.05) is 25.0 Å². The Bertz CT molecular complexity index is 433. The van der Waals surface area contributed by atoms with E-state index in [9.17, 15) is 13.2 Å². The van der Waals surface area contributed by atoms with Crippen LogP contribution in [0.5, 0.6) is 0 Å². The number of hydrogen-bond donors (Lipinski definition) is 1. The Morgan fingerprint density at radius 2 is 2.19 bits per heavy atom. The largest absolute Gasteiger partial charge is 0.427 e. The fourth-order valence-corrected chi connectivity index (χ4v) is 3.32. The molecule has 1 saturated heterocycles. The Morgan fingerprint density at radius 3 is 2.86 bits per heavy atom. The average Bonchev–Trinajstić information content (AvgIpc) is 2.89. The van der Waals surface area contributed by atoms with Crippen molar-refractivity contribution in [1.82, 2.24) is 9.88 Å². The van der Waals surface area contributed by atoms with E-state index in [-0.39, 0.29) is 0 Å². The van der Waals surface area contributed by atoms with E-state index in [4.69, 9.17) is 0 Å². The lowest BCUT2D eigenvalue weighted by molar-refractivity contribution is -0.134. The van der Waals surface area contributed by atoms with Crippen LogP contribution in [0.4, 0.5) is 18.3 Å². The molecular formula is C14H22F3N3S. The highest BCUT2D eigenvalue weighted by Crippen LogP contribution is 2.34. The van der Waals surface area contributed by atoms with Gasteiger partial charge in [0, 0.05) is 12.6 Å². The fourth-order valence-electron chi connectivity index (χ4n) is 2.61. The van der Waals surface area contributed by atoms with E-state index in [1.54, 1.807) is 0 Å². The van der Waals surface area contributed by atoms with E-state index in [2.05, 4.69) is 22.1 Å². The van der Waals surface area contributed by atoms with Crippen LogP contribution in [0.2, 0.25) is 0 Å². The summed E-state index contributed by atoms with van der Waals surface area (Å²) in [4.78, 5) is 5.62. The molecule has 0 radical (unpaired) electrons. The molecule has 1 fully saturated rings. The highest BCUT2D eigenvalue weighted by molar-refractivity contribution is 7.15. The van der Waals surface area contributed by atoms with Gasteiger partial charge in [0.1, 0.15) is 4.88 Å². The van der Waals surface area contributed by atoms with Crippen molar-refractivity contribution in [3.63, 3.8) is 0 Å². The van der Waals surface area contributed by atoms with Crippen LogP contribution in [0.25, 0.3) is 0 Å². The minimum atomic E-state index is -4.29. The third-order valence-corrected chi connectivity index (χ3v) is 4.87. The number of likely N-dealkylation sites (tertiary alicyclic amines) is 1. The van der Waals surface area contributed by atoms with Crippen LogP contribution in [-0.2, 0) is 6.18 Å². The van der Waals surface area contributed by atoms with Gasteiger partial charge in [-0.1, -0.05) is 17.8 Å². The van der Waals surface area contributed by atoms with E-state index < -0.39 is 11.1 Å². The van der Waals surface area contributed by atoms with Gasteiger partial charge in [0.15, 0.2) is 5.13 Å². The number of rotatable bonds is 6. The minimum absolute atomic E-state index is 0.355. The van der Waals surface area contributed by atoms with Crippen molar-refractivity contribution in [3.8, 4) is 0 Å². The van der Waals surface area contributed by atoms with Crippen molar-refractivity contribution in [2.45, 2.75) is 51.2 Å². The molecule has 2 heterocycles. The Kier molecular flexibility index (Phi) is 5.87. The minimum Gasteiger partial charge on any atom is -0.362 e. The monoisotopic (exact) mass is 321 g/mol. The van der Waals surface area contributed by atoms with E-state index in [1.807, 2.05) is 0 Å². The number of piperidine rings is 1. The lowest BCUT2D eigenvalue weighted by atomic mass is 10.0. The van der Waals surface area contributed by atoms with E-state index in [0.717, 1.165) is 25.6 Å². The van der Waals surface area contributed by atoms with Crippen molar-refractivity contribution >= 4 is 16.5 Å². The van der Waals surface area contributed by atoms with Crippen LogP contribution >= 0.6 is 11.3 Å². The molecule has 1 aromatic rings. The van der Waals surface area contributed by atoms with Gasteiger partial charge in [-0.05, 0) is 45.7 Å². The topological polar surface area (TPSA) is 28.2 Å². The van der Waals surface area contributed by atoms with Gasteiger partial charge < -0.3 is 10.2 Å². The number of hydrogen-bond acceptors (Lipinski definition) is 4. The second kappa shape index (κ2) is 7.45. The smallest absolute Gasteiger partial charge is 0.362 e. The number of thiazole rings is 1. The molecule has 0 aliphatic carbocycles. The van der Waals surface area contributed by atoms with Crippen LogP contribution in [0.3, 0.4) is 0 Å². The first kappa shape index (κ1) is 16.5. The number of alkyl halides is 3. The first-order valence-corrected chi connectivity index (χ1v) is 8.29. The number of unbranched alkanes of at least 4 members (excludes halogenated alkanes) is 1. The molecule has 0 amide bonds. The van der Waals surface area contributed by atoms with Crippen LogP contribution in [0, 0.1) is 0 Å². The molecule has 1 aliphatic rings. The molecule has 0 spiro atoms. The zero-order valence-corrected chi connectivity index (χ0v) is 13.1. The number of nitrogens with one attached hydrogen (secondary N) is 1. The van der Waals surface area contributed by atoms with Gasteiger partial charge in [-0.25, -0.2) is 4.98 Å². The number of nitrogens with zero attached hydrogens (tertiary/aromatic N) is 2. The summed E-state index contributed by atoms with van der Waals surface area (Å²) < 4.78 is 37.3. The first-order chi connectivity index (χ1) is 9.97. The van der Waals surface area contributed by atoms with Crippen LogP contribution < -0.4 is 5.32 Å². The zero-order valence-electron chi connectivity index (χ0n) is 12.2. The van der Waals surface area contributed by atoms with E-state index >= 15 is 0 Å².